The van der Waals surface area contributed by atoms with Gasteiger partial charge in [0, 0.05) is 15.0 Å². The Morgan fingerprint density at radius 2 is 2.20 bits per heavy atom. The van der Waals surface area contributed by atoms with E-state index in [4.69, 9.17) is 0 Å². The molecule has 15 heavy (non-hydrogen) atoms. The van der Waals surface area contributed by atoms with Gasteiger partial charge in [0.15, 0.2) is 5.82 Å². The quantitative estimate of drug-likeness (QED) is 0.500. The zero-order valence-electron chi connectivity index (χ0n) is 7.44. The highest BCUT2D eigenvalue weighted by molar-refractivity contribution is 14.1. The van der Waals surface area contributed by atoms with Crippen molar-refractivity contribution in [2.75, 3.05) is 0 Å². The van der Waals surface area contributed by atoms with Crippen LogP contribution < -0.4 is 0 Å². The average Bonchev–Trinajstić information content (AvgIpc) is 2.17. The third-order valence-electron chi connectivity index (χ3n) is 1.90. The molecule has 0 saturated carbocycles. The maximum atomic E-state index is 10.1. The molecule has 2 aromatic rings. The minimum Gasteiger partial charge on any atom is -0.507 e. The second-order valence-corrected chi connectivity index (χ2v) is 4.11. The van der Waals surface area contributed by atoms with Crippen LogP contribution in [0.2, 0.25) is 0 Å². The van der Waals surface area contributed by atoms with E-state index >= 15 is 0 Å². The fourth-order valence-corrected chi connectivity index (χ4v) is 1.75. The van der Waals surface area contributed by atoms with E-state index in [1.165, 1.54) is 12.1 Å². The molecule has 1 N–H and O–H groups in total. The first-order valence-corrected chi connectivity index (χ1v) is 5.16. The van der Waals surface area contributed by atoms with Crippen molar-refractivity contribution in [2.45, 2.75) is 0 Å². The van der Waals surface area contributed by atoms with Crippen LogP contribution >= 0.6 is 22.6 Å². The summed E-state index contributed by atoms with van der Waals surface area (Å²) in [5.74, 6) is 0.224. The van der Waals surface area contributed by atoms with Crippen LogP contribution in [0.4, 0.5) is 5.82 Å². The largest absolute Gasteiger partial charge is 0.507 e. The highest BCUT2D eigenvalue weighted by Gasteiger charge is 2.04. The molecule has 1 aromatic heterocycles. The molecule has 2 rings (SSSR count). The van der Waals surface area contributed by atoms with Crippen LogP contribution in [0.1, 0.15) is 0 Å². The highest BCUT2D eigenvalue weighted by Crippen LogP contribution is 2.28. The third-order valence-corrected chi connectivity index (χ3v) is 2.57. The molecule has 0 unspecified atom stereocenters. The van der Waals surface area contributed by atoms with Crippen LogP contribution in [0.25, 0.3) is 10.9 Å². The number of rotatable bonds is 1. The van der Waals surface area contributed by atoms with E-state index in [-0.39, 0.29) is 11.6 Å². The number of pyridine rings is 1. The molecule has 0 amide bonds. The fraction of sp³-hybridized carbons (Fsp3) is 0. The van der Waals surface area contributed by atoms with Gasteiger partial charge in [-0.05, 0) is 40.8 Å². The lowest BCUT2D eigenvalue weighted by Crippen LogP contribution is -1.81. The molecule has 0 atom stereocenters. The van der Waals surface area contributed by atoms with E-state index < -0.39 is 0 Å². The molecule has 0 aliphatic heterocycles. The average molecular weight is 312 g/mol. The van der Waals surface area contributed by atoms with Gasteiger partial charge in [-0.25, -0.2) is 9.78 Å². The Labute approximate surface area is 98.8 Å². The van der Waals surface area contributed by atoms with E-state index in [9.17, 15) is 9.90 Å². The zero-order chi connectivity index (χ0) is 10.8. The molecule has 0 aliphatic carbocycles. The third kappa shape index (κ3) is 1.98. The van der Waals surface area contributed by atoms with Gasteiger partial charge in [-0.2, -0.15) is 0 Å². The van der Waals surface area contributed by atoms with Crippen molar-refractivity contribution in [2.24, 2.45) is 4.99 Å². The Morgan fingerprint density at radius 1 is 1.40 bits per heavy atom. The van der Waals surface area contributed by atoms with Gasteiger partial charge >= 0.3 is 0 Å². The van der Waals surface area contributed by atoms with Crippen LogP contribution in [0.3, 0.4) is 0 Å². The van der Waals surface area contributed by atoms with E-state index in [0.29, 0.717) is 10.9 Å². The number of hydrogen-bond donors (Lipinski definition) is 1. The maximum absolute atomic E-state index is 10.1. The molecule has 0 radical (unpaired) electrons. The van der Waals surface area contributed by atoms with E-state index in [2.05, 4.69) is 32.6 Å². The monoisotopic (exact) mass is 312 g/mol. The molecular formula is C10H5IN2O2. The van der Waals surface area contributed by atoms with Gasteiger partial charge in [0.25, 0.3) is 0 Å². The molecule has 0 fully saturated rings. The molecule has 0 spiro atoms. The Balaban J connectivity index is 2.78. The first-order chi connectivity index (χ1) is 7.20. The minimum atomic E-state index is 0.0606. The van der Waals surface area contributed by atoms with E-state index in [0.717, 1.165) is 3.57 Å². The molecule has 5 heteroatoms. The number of nitrogens with zero attached hydrogens (tertiary/aromatic N) is 2. The fourth-order valence-electron chi connectivity index (χ4n) is 1.27. The predicted molar refractivity (Wildman–Crippen MR) is 63.9 cm³/mol. The highest BCUT2D eigenvalue weighted by atomic mass is 127. The summed E-state index contributed by atoms with van der Waals surface area (Å²) < 4.78 is 0.999. The Bertz CT molecular complexity index is 577. The number of hydrogen-bond acceptors (Lipinski definition) is 4. The van der Waals surface area contributed by atoms with Gasteiger partial charge in [0.05, 0.1) is 5.52 Å². The lowest BCUT2D eigenvalue weighted by molar-refractivity contribution is 0.481. The first-order valence-electron chi connectivity index (χ1n) is 4.08. The van der Waals surface area contributed by atoms with Crippen LogP contribution in [0.15, 0.2) is 29.3 Å². The standard InChI is InChI=1S/C10H5IN2O2/c11-6-1-2-7-8(3-6)13-10(12-5-14)4-9(7)15/h1-4H,(H,13,15). The SMILES string of the molecule is O=C=Nc1cc(O)c2ccc(I)cc2n1. The van der Waals surface area contributed by atoms with Crippen LogP contribution in [-0.4, -0.2) is 16.2 Å². The Hall–Kier alpha value is -1.46. The first kappa shape index (κ1) is 10.1. The van der Waals surface area contributed by atoms with Gasteiger partial charge < -0.3 is 5.11 Å². The van der Waals surface area contributed by atoms with Gasteiger partial charge in [0.1, 0.15) is 5.75 Å². The topological polar surface area (TPSA) is 62.5 Å². The van der Waals surface area contributed by atoms with Crippen molar-refractivity contribution in [3.63, 3.8) is 0 Å². The summed E-state index contributed by atoms with van der Waals surface area (Å²) in [7, 11) is 0. The summed E-state index contributed by atoms with van der Waals surface area (Å²) in [4.78, 5) is 17.5. The molecule has 0 bridgehead atoms. The van der Waals surface area contributed by atoms with Crippen molar-refractivity contribution in [3.8, 4) is 5.75 Å². The van der Waals surface area contributed by atoms with Crippen molar-refractivity contribution < 1.29 is 9.90 Å². The van der Waals surface area contributed by atoms with Crippen molar-refractivity contribution in [1.82, 2.24) is 4.98 Å². The van der Waals surface area contributed by atoms with Crippen LogP contribution in [0.5, 0.6) is 5.75 Å². The van der Waals surface area contributed by atoms with Crippen LogP contribution in [0, 0.1) is 3.57 Å². The minimum absolute atomic E-state index is 0.0606. The number of fused-ring (bicyclic) bond motifs is 1. The number of aromatic nitrogens is 1. The molecule has 0 saturated heterocycles. The molecule has 1 heterocycles. The van der Waals surface area contributed by atoms with Crippen molar-refractivity contribution >= 4 is 45.4 Å². The number of isocyanates is 1. The van der Waals surface area contributed by atoms with Crippen molar-refractivity contribution in [3.05, 3.63) is 27.8 Å². The Kier molecular flexibility index (Phi) is 2.66. The van der Waals surface area contributed by atoms with E-state index in [1.54, 1.807) is 12.1 Å². The number of benzene rings is 1. The van der Waals surface area contributed by atoms with Gasteiger partial charge in [-0.1, -0.05) is 0 Å². The second kappa shape index (κ2) is 3.96. The molecule has 74 valence electrons. The second-order valence-electron chi connectivity index (χ2n) is 2.86. The number of aromatic hydroxyl groups is 1. The van der Waals surface area contributed by atoms with Crippen molar-refractivity contribution in [1.29, 1.82) is 0 Å². The van der Waals surface area contributed by atoms with Gasteiger partial charge in [-0.3, -0.25) is 0 Å². The predicted octanol–water partition coefficient (Wildman–Crippen LogP) is 2.51. The van der Waals surface area contributed by atoms with Crippen LogP contribution in [-0.2, 0) is 4.79 Å². The summed E-state index contributed by atoms with van der Waals surface area (Å²) in [5, 5.41) is 10.3. The normalized spacial score (nSPS) is 9.93. The molecule has 1 aromatic carbocycles. The number of carbonyl (C=O) groups excluding carboxylic acids is 1. The molecule has 4 nitrogen and oxygen atoms in total. The summed E-state index contributed by atoms with van der Waals surface area (Å²) in [6.45, 7) is 0. The molecular weight excluding hydrogens is 307 g/mol. The van der Waals surface area contributed by atoms with Gasteiger partial charge in [0.2, 0.25) is 6.08 Å². The summed E-state index contributed by atoms with van der Waals surface area (Å²) in [6.07, 6.45) is 1.39. The lowest BCUT2D eigenvalue weighted by atomic mass is 10.2. The maximum Gasteiger partial charge on any atom is 0.242 e. The number of halogens is 1. The van der Waals surface area contributed by atoms with E-state index in [1.807, 2.05) is 6.07 Å². The zero-order valence-corrected chi connectivity index (χ0v) is 9.59. The summed E-state index contributed by atoms with van der Waals surface area (Å²) >= 11 is 2.14. The summed E-state index contributed by atoms with van der Waals surface area (Å²) in [6, 6.07) is 6.78. The van der Waals surface area contributed by atoms with Gasteiger partial charge in [-0.15, -0.1) is 4.99 Å². The smallest absolute Gasteiger partial charge is 0.242 e. The summed E-state index contributed by atoms with van der Waals surface area (Å²) in [5.41, 5.74) is 0.607. The number of aliphatic imine (C=N–C) groups is 1. The lowest BCUT2D eigenvalue weighted by Gasteiger charge is -2.01. The Morgan fingerprint density at radius 3 is 2.93 bits per heavy atom. The molecule has 0 aliphatic rings.